The van der Waals surface area contributed by atoms with Gasteiger partial charge in [0, 0.05) is 5.56 Å². The molecule has 0 saturated carbocycles. The van der Waals surface area contributed by atoms with Gasteiger partial charge in [0.1, 0.15) is 11.5 Å². The van der Waals surface area contributed by atoms with Gasteiger partial charge in [0.2, 0.25) is 0 Å². The molecule has 2 aromatic carbocycles. The van der Waals surface area contributed by atoms with Crippen molar-refractivity contribution in [3.63, 3.8) is 0 Å². The lowest BCUT2D eigenvalue weighted by Crippen LogP contribution is -2.14. The van der Waals surface area contributed by atoms with Crippen molar-refractivity contribution in [2.75, 3.05) is 0 Å². The molecule has 0 saturated heterocycles. The Hall–Kier alpha value is -1.61. The number of hydrogen-bond acceptors (Lipinski definition) is 2. The first kappa shape index (κ1) is 17.7. The standard InChI is InChI=1S/C20H23BrO2/c1-14(2)4-13-19(21)20(22)16-7-11-18(12-8-16)23-17-9-5-15(3)6-10-17/h5-12,14,19H,4,13H2,1-3H3. The first-order chi connectivity index (χ1) is 11.0. The van der Waals surface area contributed by atoms with Crippen LogP contribution in [0.2, 0.25) is 0 Å². The topological polar surface area (TPSA) is 26.3 Å². The zero-order valence-corrected chi connectivity index (χ0v) is 15.5. The predicted octanol–water partition coefficient (Wildman–Crippen LogP) is 6.17. The largest absolute Gasteiger partial charge is 0.457 e. The smallest absolute Gasteiger partial charge is 0.176 e. The van der Waals surface area contributed by atoms with Crippen molar-refractivity contribution in [3.8, 4) is 11.5 Å². The molecule has 0 fully saturated rings. The minimum atomic E-state index is -0.117. The minimum absolute atomic E-state index is 0.117. The zero-order chi connectivity index (χ0) is 16.8. The van der Waals surface area contributed by atoms with Gasteiger partial charge >= 0.3 is 0 Å². The molecule has 1 unspecified atom stereocenters. The lowest BCUT2D eigenvalue weighted by atomic mass is 10.0. The summed E-state index contributed by atoms with van der Waals surface area (Å²) in [5.41, 5.74) is 1.91. The Bertz CT molecular complexity index is 630. The fourth-order valence-corrected chi connectivity index (χ4v) is 2.75. The summed E-state index contributed by atoms with van der Waals surface area (Å²) in [5.74, 6) is 2.27. The van der Waals surface area contributed by atoms with Crippen molar-refractivity contribution in [1.82, 2.24) is 0 Å². The summed E-state index contributed by atoms with van der Waals surface area (Å²) in [4.78, 5) is 12.3. The van der Waals surface area contributed by atoms with Crippen LogP contribution in [0.4, 0.5) is 0 Å². The Kier molecular flexibility index (Phi) is 6.40. The number of benzene rings is 2. The van der Waals surface area contributed by atoms with Gasteiger partial charge < -0.3 is 4.74 Å². The van der Waals surface area contributed by atoms with Crippen LogP contribution in [-0.2, 0) is 0 Å². The number of halogens is 1. The molecule has 0 aromatic heterocycles. The van der Waals surface area contributed by atoms with Gasteiger partial charge in [0.15, 0.2) is 5.78 Å². The Balaban J connectivity index is 1.98. The molecule has 0 spiro atoms. The predicted molar refractivity (Wildman–Crippen MR) is 98.8 cm³/mol. The highest BCUT2D eigenvalue weighted by atomic mass is 79.9. The van der Waals surface area contributed by atoms with Gasteiger partial charge in [-0.1, -0.05) is 47.5 Å². The third-order valence-corrected chi connectivity index (χ3v) is 4.55. The highest BCUT2D eigenvalue weighted by molar-refractivity contribution is 9.10. The molecule has 2 aromatic rings. The summed E-state index contributed by atoms with van der Waals surface area (Å²) in [6.45, 7) is 6.38. The van der Waals surface area contributed by atoms with E-state index >= 15 is 0 Å². The molecule has 1 atom stereocenters. The van der Waals surface area contributed by atoms with E-state index in [0.29, 0.717) is 11.5 Å². The Morgan fingerprint density at radius 2 is 1.48 bits per heavy atom. The zero-order valence-electron chi connectivity index (χ0n) is 13.9. The van der Waals surface area contributed by atoms with Crippen LogP contribution in [0, 0.1) is 12.8 Å². The molecular weight excluding hydrogens is 352 g/mol. The number of aryl methyl sites for hydroxylation is 1. The third kappa shape index (κ3) is 5.51. The van der Waals surface area contributed by atoms with Crippen LogP contribution in [-0.4, -0.2) is 10.6 Å². The van der Waals surface area contributed by atoms with Crippen molar-refractivity contribution in [3.05, 3.63) is 59.7 Å². The number of ketones is 1. The molecule has 122 valence electrons. The second-order valence-corrected chi connectivity index (χ2v) is 7.35. The summed E-state index contributed by atoms with van der Waals surface area (Å²) in [6.07, 6.45) is 1.90. The van der Waals surface area contributed by atoms with Crippen molar-refractivity contribution >= 4 is 21.7 Å². The molecule has 2 nitrogen and oxygen atoms in total. The fourth-order valence-electron chi connectivity index (χ4n) is 2.22. The van der Waals surface area contributed by atoms with Crippen LogP contribution in [0.5, 0.6) is 11.5 Å². The molecule has 0 heterocycles. The normalized spacial score (nSPS) is 12.2. The molecule has 0 radical (unpaired) electrons. The van der Waals surface area contributed by atoms with Crippen molar-refractivity contribution < 1.29 is 9.53 Å². The average Bonchev–Trinajstić information content (AvgIpc) is 2.55. The van der Waals surface area contributed by atoms with Gasteiger partial charge in [-0.15, -0.1) is 0 Å². The molecule has 0 aliphatic rings. The maximum Gasteiger partial charge on any atom is 0.176 e. The van der Waals surface area contributed by atoms with E-state index in [4.69, 9.17) is 4.74 Å². The number of alkyl halides is 1. The number of carbonyl (C=O) groups is 1. The van der Waals surface area contributed by atoms with E-state index in [1.165, 1.54) is 5.56 Å². The Morgan fingerprint density at radius 3 is 2.00 bits per heavy atom. The van der Waals surface area contributed by atoms with Crippen LogP contribution < -0.4 is 4.74 Å². The van der Waals surface area contributed by atoms with E-state index < -0.39 is 0 Å². The van der Waals surface area contributed by atoms with E-state index in [1.807, 2.05) is 55.5 Å². The van der Waals surface area contributed by atoms with Crippen LogP contribution in [0.1, 0.15) is 42.6 Å². The monoisotopic (exact) mass is 374 g/mol. The lowest BCUT2D eigenvalue weighted by Gasteiger charge is -2.11. The quantitative estimate of drug-likeness (QED) is 0.427. The van der Waals surface area contributed by atoms with Gasteiger partial charge in [0.05, 0.1) is 4.83 Å². The second kappa shape index (κ2) is 8.30. The summed E-state index contributed by atoms with van der Waals surface area (Å²) in [5, 5.41) is 0. The van der Waals surface area contributed by atoms with Gasteiger partial charge in [-0.3, -0.25) is 4.79 Å². The molecule has 0 bridgehead atoms. The first-order valence-electron chi connectivity index (χ1n) is 7.98. The number of ether oxygens (including phenoxy) is 1. The molecule has 0 amide bonds. The molecule has 3 heteroatoms. The van der Waals surface area contributed by atoms with E-state index in [9.17, 15) is 4.79 Å². The Labute approximate surface area is 147 Å². The van der Waals surface area contributed by atoms with Gasteiger partial charge in [-0.05, 0) is 62.1 Å². The number of rotatable bonds is 7. The molecule has 0 N–H and O–H groups in total. The van der Waals surface area contributed by atoms with Crippen molar-refractivity contribution in [2.45, 2.75) is 38.4 Å². The lowest BCUT2D eigenvalue weighted by molar-refractivity contribution is 0.0987. The molecule has 0 aliphatic heterocycles. The van der Waals surface area contributed by atoms with Crippen LogP contribution in [0.25, 0.3) is 0 Å². The fraction of sp³-hybridized carbons (Fsp3) is 0.350. The van der Waals surface area contributed by atoms with E-state index in [0.717, 1.165) is 24.3 Å². The van der Waals surface area contributed by atoms with Crippen molar-refractivity contribution in [2.24, 2.45) is 5.92 Å². The van der Waals surface area contributed by atoms with Gasteiger partial charge in [-0.25, -0.2) is 0 Å². The molecule has 0 aliphatic carbocycles. The van der Waals surface area contributed by atoms with Gasteiger partial charge in [-0.2, -0.15) is 0 Å². The first-order valence-corrected chi connectivity index (χ1v) is 8.90. The maximum atomic E-state index is 12.4. The van der Waals surface area contributed by atoms with Gasteiger partial charge in [0.25, 0.3) is 0 Å². The summed E-state index contributed by atoms with van der Waals surface area (Å²) >= 11 is 3.51. The third-order valence-electron chi connectivity index (χ3n) is 3.68. The van der Waals surface area contributed by atoms with Crippen LogP contribution >= 0.6 is 15.9 Å². The summed E-state index contributed by atoms with van der Waals surface area (Å²) < 4.78 is 5.78. The van der Waals surface area contributed by atoms with E-state index in [2.05, 4.69) is 29.8 Å². The highest BCUT2D eigenvalue weighted by Gasteiger charge is 2.17. The average molecular weight is 375 g/mol. The van der Waals surface area contributed by atoms with Crippen LogP contribution in [0.3, 0.4) is 0 Å². The maximum absolute atomic E-state index is 12.4. The highest BCUT2D eigenvalue weighted by Crippen LogP contribution is 2.24. The number of Topliss-reactive ketones (excluding diaryl/α,β-unsaturated/α-hetero) is 1. The minimum Gasteiger partial charge on any atom is -0.457 e. The molecule has 23 heavy (non-hydrogen) atoms. The SMILES string of the molecule is Cc1ccc(Oc2ccc(C(=O)C(Br)CCC(C)C)cc2)cc1. The molecular formula is C20H23BrO2. The number of carbonyl (C=O) groups excluding carboxylic acids is 1. The summed E-state index contributed by atoms with van der Waals surface area (Å²) in [6, 6.07) is 15.2. The van der Waals surface area contributed by atoms with E-state index in [-0.39, 0.29) is 10.6 Å². The summed E-state index contributed by atoms with van der Waals surface area (Å²) in [7, 11) is 0. The Morgan fingerprint density at radius 1 is 0.957 bits per heavy atom. The van der Waals surface area contributed by atoms with E-state index in [1.54, 1.807) is 0 Å². The second-order valence-electron chi connectivity index (χ2n) is 6.24. The van der Waals surface area contributed by atoms with Crippen molar-refractivity contribution in [1.29, 1.82) is 0 Å². The molecule has 2 rings (SSSR count). The number of hydrogen-bond donors (Lipinski definition) is 0. The van der Waals surface area contributed by atoms with Crippen LogP contribution in [0.15, 0.2) is 48.5 Å².